The fraction of sp³-hybridized carbons (Fsp3) is 0.529. The maximum absolute atomic E-state index is 12.5. The zero-order valence-electron chi connectivity index (χ0n) is 14.8. The topological polar surface area (TPSA) is 92.3 Å². The average Bonchev–Trinajstić information content (AvgIpc) is 2.51. The van der Waals surface area contributed by atoms with Gasteiger partial charge in [-0.15, -0.1) is 0 Å². The Bertz CT molecular complexity index is 687. The number of aldehydes is 1. The van der Waals surface area contributed by atoms with Crippen molar-refractivity contribution in [2.75, 3.05) is 0 Å². The Morgan fingerprint density at radius 1 is 1.16 bits per heavy atom. The maximum Gasteiger partial charge on any atom is 0.241 e. The molecule has 0 aliphatic rings. The molecule has 0 aliphatic carbocycles. The molecular formula is C17H25ClN2O4S. The number of carbonyl (C=O) groups is 2. The Morgan fingerprint density at radius 3 is 2.16 bits per heavy atom. The van der Waals surface area contributed by atoms with Gasteiger partial charge in [-0.05, 0) is 42.5 Å². The minimum absolute atomic E-state index is 0.0180. The summed E-state index contributed by atoms with van der Waals surface area (Å²) >= 11 is 5.77. The van der Waals surface area contributed by atoms with E-state index in [0.717, 1.165) is 0 Å². The second kappa shape index (κ2) is 9.31. The van der Waals surface area contributed by atoms with E-state index in [1.807, 2.05) is 13.8 Å². The number of amides is 1. The van der Waals surface area contributed by atoms with Crippen LogP contribution in [0.4, 0.5) is 0 Å². The maximum atomic E-state index is 12.5. The van der Waals surface area contributed by atoms with Crippen LogP contribution in [0, 0.1) is 11.8 Å². The minimum Gasteiger partial charge on any atom is -0.345 e. The molecule has 0 heterocycles. The normalized spacial score (nSPS) is 14.4. The highest BCUT2D eigenvalue weighted by Gasteiger charge is 2.29. The van der Waals surface area contributed by atoms with E-state index >= 15 is 0 Å². The van der Waals surface area contributed by atoms with E-state index in [0.29, 0.717) is 17.7 Å². The highest BCUT2D eigenvalue weighted by molar-refractivity contribution is 7.89. The Balaban J connectivity index is 2.94. The van der Waals surface area contributed by atoms with Crippen molar-refractivity contribution in [2.45, 2.75) is 51.1 Å². The van der Waals surface area contributed by atoms with Gasteiger partial charge in [0.15, 0.2) is 0 Å². The number of hydrogen-bond acceptors (Lipinski definition) is 4. The summed E-state index contributed by atoms with van der Waals surface area (Å²) in [6.07, 6.45) is 1.16. The Labute approximate surface area is 154 Å². The van der Waals surface area contributed by atoms with Crippen molar-refractivity contribution in [1.82, 2.24) is 10.0 Å². The molecule has 0 saturated carbocycles. The van der Waals surface area contributed by atoms with E-state index in [4.69, 9.17) is 11.6 Å². The highest BCUT2D eigenvalue weighted by Crippen LogP contribution is 2.16. The predicted molar refractivity (Wildman–Crippen MR) is 97.8 cm³/mol. The van der Waals surface area contributed by atoms with Gasteiger partial charge in [0, 0.05) is 5.02 Å². The van der Waals surface area contributed by atoms with Gasteiger partial charge in [0.25, 0.3) is 0 Å². The third-order valence-electron chi connectivity index (χ3n) is 3.57. The van der Waals surface area contributed by atoms with E-state index in [9.17, 15) is 18.0 Å². The molecule has 2 N–H and O–H groups in total. The molecule has 8 heteroatoms. The van der Waals surface area contributed by atoms with Crippen molar-refractivity contribution in [3.8, 4) is 0 Å². The molecular weight excluding hydrogens is 364 g/mol. The largest absolute Gasteiger partial charge is 0.345 e. The molecule has 1 amide bonds. The van der Waals surface area contributed by atoms with Crippen molar-refractivity contribution in [2.24, 2.45) is 11.8 Å². The van der Waals surface area contributed by atoms with Gasteiger partial charge in [-0.2, -0.15) is 4.72 Å². The summed E-state index contributed by atoms with van der Waals surface area (Å²) in [5.41, 5.74) is 0. The average molecular weight is 389 g/mol. The summed E-state index contributed by atoms with van der Waals surface area (Å²) in [6.45, 7) is 7.33. The van der Waals surface area contributed by atoms with Crippen LogP contribution in [0.2, 0.25) is 5.02 Å². The van der Waals surface area contributed by atoms with E-state index < -0.39 is 28.0 Å². The van der Waals surface area contributed by atoms with Crippen LogP contribution in [0.5, 0.6) is 0 Å². The molecule has 140 valence electrons. The zero-order valence-corrected chi connectivity index (χ0v) is 16.4. The molecule has 0 bridgehead atoms. The molecule has 0 spiro atoms. The van der Waals surface area contributed by atoms with Crippen molar-refractivity contribution in [3.05, 3.63) is 29.3 Å². The predicted octanol–water partition coefficient (Wildman–Crippen LogP) is 2.37. The second-order valence-electron chi connectivity index (χ2n) is 6.68. The van der Waals surface area contributed by atoms with Gasteiger partial charge >= 0.3 is 0 Å². The lowest BCUT2D eigenvalue weighted by atomic mass is 10.0. The fourth-order valence-corrected chi connectivity index (χ4v) is 3.74. The summed E-state index contributed by atoms with van der Waals surface area (Å²) in [5.74, 6) is -0.600. The van der Waals surface area contributed by atoms with Gasteiger partial charge < -0.3 is 10.1 Å². The molecule has 1 aromatic rings. The van der Waals surface area contributed by atoms with Gasteiger partial charge in [0.05, 0.1) is 10.9 Å². The van der Waals surface area contributed by atoms with Crippen LogP contribution in [0.25, 0.3) is 0 Å². The fourth-order valence-electron chi connectivity index (χ4n) is 2.27. The zero-order chi connectivity index (χ0) is 19.2. The standard InChI is InChI=1S/C17H25ClN2O4S/c1-11(2)9-14(10-21)19-17(22)16(12(3)4)20-25(23,24)15-7-5-13(18)6-8-15/h5-8,10-12,14,16,20H,9H2,1-4H3,(H,19,22)/t14-,16+/m1/s1. The number of halogens is 1. The van der Waals surface area contributed by atoms with Crippen LogP contribution < -0.4 is 10.0 Å². The molecule has 0 aliphatic heterocycles. The van der Waals surface area contributed by atoms with Crippen molar-refractivity contribution >= 4 is 33.8 Å². The molecule has 0 aromatic heterocycles. The van der Waals surface area contributed by atoms with Crippen molar-refractivity contribution < 1.29 is 18.0 Å². The SMILES string of the molecule is CC(C)C[C@H](C=O)NC(=O)[C@@H](NS(=O)(=O)c1ccc(Cl)cc1)C(C)C. The molecule has 0 unspecified atom stereocenters. The summed E-state index contributed by atoms with van der Waals surface area (Å²) in [6, 6.07) is 4.03. The summed E-state index contributed by atoms with van der Waals surface area (Å²) in [5, 5.41) is 3.02. The molecule has 0 fully saturated rings. The minimum atomic E-state index is -3.89. The van der Waals surface area contributed by atoms with Crippen LogP contribution in [-0.4, -0.2) is 32.7 Å². The smallest absolute Gasteiger partial charge is 0.241 e. The van der Waals surface area contributed by atoms with E-state index in [-0.39, 0.29) is 16.7 Å². The number of hydrogen-bond donors (Lipinski definition) is 2. The molecule has 0 saturated heterocycles. The van der Waals surface area contributed by atoms with Crippen LogP contribution in [0.1, 0.15) is 34.1 Å². The Hall–Kier alpha value is -1.44. The molecule has 2 atom stereocenters. The van der Waals surface area contributed by atoms with E-state index in [2.05, 4.69) is 10.0 Å². The number of rotatable bonds is 9. The Morgan fingerprint density at radius 2 is 1.72 bits per heavy atom. The van der Waals surface area contributed by atoms with Crippen LogP contribution in [0.15, 0.2) is 29.2 Å². The number of carbonyl (C=O) groups excluding carboxylic acids is 2. The van der Waals surface area contributed by atoms with Crippen LogP contribution in [-0.2, 0) is 19.6 Å². The van der Waals surface area contributed by atoms with E-state index in [1.165, 1.54) is 24.3 Å². The monoisotopic (exact) mass is 388 g/mol. The Kier molecular flexibility index (Phi) is 8.05. The van der Waals surface area contributed by atoms with Gasteiger partial charge in [0.1, 0.15) is 12.3 Å². The molecule has 1 aromatic carbocycles. The summed E-state index contributed by atoms with van der Waals surface area (Å²) in [7, 11) is -3.89. The first-order valence-electron chi connectivity index (χ1n) is 8.10. The lowest BCUT2D eigenvalue weighted by molar-refractivity contribution is -0.126. The molecule has 25 heavy (non-hydrogen) atoms. The molecule has 1 rings (SSSR count). The number of nitrogens with one attached hydrogen (secondary N) is 2. The van der Waals surface area contributed by atoms with E-state index in [1.54, 1.807) is 13.8 Å². The van der Waals surface area contributed by atoms with Gasteiger partial charge in [-0.1, -0.05) is 39.3 Å². The first kappa shape index (κ1) is 21.6. The van der Waals surface area contributed by atoms with Crippen LogP contribution in [0.3, 0.4) is 0 Å². The lowest BCUT2D eigenvalue weighted by Crippen LogP contribution is -2.52. The third kappa shape index (κ3) is 6.76. The summed E-state index contributed by atoms with van der Waals surface area (Å²) < 4.78 is 27.4. The molecule has 0 radical (unpaired) electrons. The van der Waals surface area contributed by atoms with Gasteiger partial charge in [0.2, 0.25) is 15.9 Å². The van der Waals surface area contributed by atoms with Crippen molar-refractivity contribution in [1.29, 1.82) is 0 Å². The van der Waals surface area contributed by atoms with Crippen molar-refractivity contribution in [3.63, 3.8) is 0 Å². The first-order valence-corrected chi connectivity index (χ1v) is 9.96. The summed E-state index contributed by atoms with van der Waals surface area (Å²) in [4.78, 5) is 23.6. The number of sulfonamides is 1. The highest BCUT2D eigenvalue weighted by atomic mass is 35.5. The quantitative estimate of drug-likeness (QED) is 0.635. The first-order chi connectivity index (χ1) is 11.6. The van der Waals surface area contributed by atoms with Crippen LogP contribution >= 0.6 is 11.6 Å². The number of benzene rings is 1. The molecule has 6 nitrogen and oxygen atoms in total. The third-order valence-corrected chi connectivity index (χ3v) is 5.28. The van der Waals surface area contributed by atoms with Gasteiger partial charge in [-0.25, -0.2) is 8.42 Å². The second-order valence-corrected chi connectivity index (χ2v) is 8.83. The van der Waals surface area contributed by atoms with Gasteiger partial charge in [-0.3, -0.25) is 4.79 Å². The lowest BCUT2D eigenvalue weighted by Gasteiger charge is -2.24.